The summed E-state index contributed by atoms with van der Waals surface area (Å²) in [6.45, 7) is 4.51. The number of carbonyl (C=O) groups excluding carboxylic acids is 2. The first-order valence-corrected chi connectivity index (χ1v) is 9.30. The van der Waals surface area contributed by atoms with E-state index in [0.29, 0.717) is 12.8 Å². The number of nitrogens with one attached hydrogen (secondary N) is 2. The number of aliphatic hydroxyl groups excluding tert-OH is 1. The number of rotatable bonds is 9. The molecule has 0 rings (SSSR count). The van der Waals surface area contributed by atoms with Crippen molar-refractivity contribution in [1.29, 1.82) is 11.2 Å². The molecule has 0 atom stereocenters. The van der Waals surface area contributed by atoms with Gasteiger partial charge in [0.05, 0.1) is 0 Å². The van der Waals surface area contributed by atoms with Crippen LogP contribution in [0.5, 0.6) is 0 Å². The maximum atomic E-state index is 11.7. The summed E-state index contributed by atoms with van der Waals surface area (Å²) < 4.78 is 49.5. The van der Waals surface area contributed by atoms with Crippen LogP contribution in [0, 0.1) is 21.0 Å². The number of hydrogen-bond donors (Lipinski definition) is 3. The third-order valence-electron chi connectivity index (χ3n) is 2.36. The molecule has 0 bridgehead atoms. The molecule has 34 heavy (non-hydrogen) atoms. The van der Waals surface area contributed by atoms with E-state index in [4.69, 9.17) is 24.4 Å². The quantitative estimate of drug-likeness (QED) is 0.176. The molecule has 10 nitrogen and oxygen atoms in total. The molecular weight excluding hydrogens is 491 g/mol. The number of ether oxygens (including phenoxy) is 3. The van der Waals surface area contributed by atoms with Crippen molar-refractivity contribution in [2.24, 2.45) is 0 Å². The predicted molar refractivity (Wildman–Crippen MR) is 123 cm³/mol. The first kappa shape index (κ1) is 50.4. The van der Waals surface area contributed by atoms with Crippen LogP contribution in [0.2, 0.25) is 0 Å². The van der Waals surface area contributed by atoms with Gasteiger partial charge in [-0.2, -0.15) is 9.81 Å². The van der Waals surface area contributed by atoms with Crippen LogP contribution in [0.4, 0.5) is 12.9 Å². The van der Waals surface area contributed by atoms with E-state index in [1.54, 1.807) is 20.8 Å². The fourth-order valence-corrected chi connectivity index (χ4v) is 1.54. The van der Waals surface area contributed by atoms with Gasteiger partial charge in [0.25, 0.3) is 0 Å². The van der Waals surface area contributed by atoms with E-state index in [9.17, 15) is 22.5 Å². The summed E-state index contributed by atoms with van der Waals surface area (Å²) in [5.41, 5.74) is 8.03. The van der Waals surface area contributed by atoms with E-state index in [-0.39, 0.29) is 98.3 Å². The SMILES string of the molecule is C.C.CC(C)(C)OC(=O)CCCO.CC(C)(C)OC(=O)CCCOC[B-](F)(F)F.N=O.N=O.[K+]. The van der Waals surface area contributed by atoms with Gasteiger partial charge < -0.3 is 32.3 Å². The fourth-order valence-electron chi connectivity index (χ4n) is 1.54. The number of esters is 2. The number of aliphatic hydroxyl groups is 1. The third kappa shape index (κ3) is 57.9. The van der Waals surface area contributed by atoms with Crippen molar-refractivity contribution in [1.82, 2.24) is 0 Å². The third-order valence-corrected chi connectivity index (χ3v) is 2.36. The van der Waals surface area contributed by atoms with Gasteiger partial charge in [-0.3, -0.25) is 9.59 Å². The second-order valence-electron chi connectivity index (χ2n) is 7.89. The summed E-state index contributed by atoms with van der Waals surface area (Å²) in [5, 5.41) is 8.41. The molecule has 0 amide bonds. The molecule has 0 aliphatic carbocycles. The van der Waals surface area contributed by atoms with Crippen molar-refractivity contribution in [3.8, 4) is 0 Å². The van der Waals surface area contributed by atoms with Gasteiger partial charge in [-0.15, -0.1) is 0 Å². The van der Waals surface area contributed by atoms with Crippen molar-refractivity contribution in [2.45, 2.75) is 93.3 Å². The van der Waals surface area contributed by atoms with Gasteiger partial charge in [0.2, 0.25) is 0 Å². The van der Waals surface area contributed by atoms with E-state index in [2.05, 4.69) is 15.9 Å². The molecule has 0 aromatic heterocycles. The Labute approximate surface area is 244 Å². The van der Waals surface area contributed by atoms with Crippen LogP contribution >= 0.6 is 0 Å². The van der Waals surface area contributed by atoms with Crippen molar-refractivity contribution >= 4 is 18.9 Å². The Morgan fingerprint density at radius 2 is 1.12 bits per heavy atom. The number of hydrogen-bond acceptors (Lipinski definition) is 10. The van der Waals surface area contributed by atoms with Gasteiger partial charge >= 0.3 is 70.3 Å². The van der Waals surface area contributed by atoms with Crippen LogP contribution in [0.15, 0.2) is 0 Å². The summed E-state index contributed by atoms with van der Waals surface area (Å²) in [7, 11) is 0. The normalized spacial score (nSPS) is 9.82. The summed E-state index contributed by atoms with van der Waals surface area (Å²) >= 11 is 0. The zero-order valence-electron chi connectivity index (χ0n) is 20.0. The topological polar surface area (TPSA) is 164 Å². The van der Waals surface area contributed by atoms with E-state index in [1.165, 1.54) is 0 Å². The molecule has 0 aliphatic heterocycles. The first-order chi connectivity index (χ1) is 14.1. The Balaban J connectivity index is -0.0000000719. The molecule has 0 fully saturated rings. The minimum atomic E-state index is -4.90. The Hall–Kier alpha value is -0.449. The van der Waals surface area contributed by atoms with E-state index in [0.717, 1.165) is 0 Å². The maximum Gasteiger partial charge on any atom is 1.00 e. The molecular formula is C19H43BF3KN2O8. The molecule has 0 saturated heterocycles. The molecule has 0 unspecified atom stereocenters. The van der Waals surface area contributed by atoms with Crippen LogP contribution in [0.3, 0.4) is 0 Å². The van der Waals surface area contributed by atoms with Crippen molar-refractivity contribution in [3.63, 3.8) is 0 Å². The molecule has 0 aromatic rings. The molecule has 202 valence electrons. The van der Waals surface area contributed by atoms with Gasteiger partial charge in [-0.1, -0.05) is 26.0 Å². The van der Waals surface area contributed by atoms with Crippen molar-refractivity contribution in [2.75, 3.05) is 19.7 Å². The Morgan fingerprint density at radius 3 is 1.38 bits per heavy atom. The zero-order valence-corrected chi connectivity index (χ0v) is 23.1. The summed E-state index contributed by atoms with van der Waals surface area (Å²) in [6, 6.07) is 0. The molecule has 3 N–H and O–H groups in total. The van der Waals surface area contributed by atoms with Crippen LogP contribution in [-0.2, 0) is 23.8 Å². The van der Waals surface area contributed by atoms with Crippen LogP contribution in [0.1, 0.15) is 82.1 Å². The average molecular weight is 534 g/mol. The summed E-state index contributed by atoms with van der Waals surface area (Å²) in [4.78, 5) is 37.0. The molecule has 0 aromatic carbocycles. The minimum absolute atomic E-state index is 0. The van der Waals surface area contributed by atoms with Crippen molar-refractivity contribution < 1.29 is 93.2 Å². The zero-order chi connectivity index (χ0) is 25.7. The second kappa shape index (κ2) is 28.8. The van der Waals surface area contributed by atoms with Crippen LogP contribution < -0.4 is 51.4 Å². The number of halogens is 3. The van der Waals surface area contributed by atoms with Gasteiger partial charge in [-0.25, -0.2) is 0 Å². The molecule has 0 saturated carbocycles. The number of nitroso groups, excluding NO2 is 2. The monoisotopic (exact) mass is 534 g/mol. The standard InChI is InChI=1S/C9H17BF3O3.C8H16O3.2CH4.K.2HNO/c1-9(2,3)16-8(14)5-4-6-15-7-10(11,12)13;1-8(2,3)11-7(10)5-4-6-9;;;;2*1-2/h4-7H2,1-3H3;9H,4-6H2,1-3H3;2*1H4;;2*1H/q-1;;;;+1;;. The Kier molecular flexibility index (Phi) is 42.7. The predicted octanol–water partition coefficient (Wildman–Crippen LogP) is 2.55. The van der Waals surface area contributed by atoms with Crippen molar-refractivity contribution in [3.05, 3.63) is 9.81 Å². The molecule has 0 spiro atoms. The molecule has 0 aliphatic rings. The molecule has 0 radical (unpaired) electrons. The van der Waals surface area contributed by atoms with Gasteiger partial charge in [0.1, 0.15) is 11.2 Å². The number of carbonyl (C=O) groups is 2. The van der Waals surface area contributed by atoms with E-state index in [1.807, 2.05) is 20.8 Å². The van der Waals surface area contributed by atoms with Crippen LogP contribution in [0.25, 0.3) is 0 Å². The second-order valence-corrected chi connectivity index (χ2v) is 7.89. The van der Waals surface area contributed by atoms with Gasteiger partial charge in [-0.05, 0) is 54.4 Å². The average Bonchev–Trinajstić information content (AvgIpc) is 2.60. The first-order valence-electron chi connectivity index (χ1n) is 9.30. The smallest absolute Gasteiger partial charge is 0.460 e. The Morgan fingerprint density at radius 1 is 0.794 bits per heavy atom. The fraction of sp³-hybridized carbons (Fsp3) is 0.895. The maximum absolute atomic E-state index is 11.7. The minimum Gasteiger partial charge on any atom is -0.460 e. The van der Waals surface area contributed by atoms with Gasteiger partial charge in [0, 0.05) is 32.6 Å². The summed E-state index contributed by atoms with van der Waals surface area (Å²) in [5.74, 6) is -0.667. The molecule has 0 heterocycles. The summed E-state index contributed by atoms with van der Waals surface area (Å²) in [6.07, 6.45) is 1.09. The van der Waals surface area contributed by atoms with E-state index < -0.39 is 30.7 Å². The van der Waals surface area contributed by atoms with Crippen LogP contribution in [-0.4, -0.2) is 54.9 Å². The van der Waals surface area contributed by atoms with Gasteiger partial charge in [0.15, 0.2) is 0 Å². The largest absolute Gasteiger partial charge is 1.00 e. The van der Waals surface area contributed by atoms with E-state index >= 15 is 0 Å². The molecule has 15 heteroatoms. The Bertz CT molecular complexity index is 476.